The molecule has 1 N–H and O–H groups in total. The van der Waals surface area contributed by atoms with Crippen molar-refractivity contribution in [2.24, 2.45) is 0 Å². The second-order valence-electron chi connectivity index (χ2n) is 5.30. The lowest BCUT2D eigenvalue weighted by atomic mass is 10.0. The fourth-order valence-corrected chi connectivity index (χ4v) is 2.17. The predicted molar refractivity (Wildman–Crippen MR) is 75.9 cm³/mol. The first kappa shape index (κ1) is 16.5. The van der Waals surface area contributed by atoms with Crippen LogP contribution in [0.25, 0.3) is 0 Å². The fraction of sp³-hybridized carbons (Fsp3) is 0.429. The number of hydrogen-bond acceptors (Lipinski definition) is 4. The van der Waals surface area contributed by atoms with Gasteiger partial charge in [-0.2, -0.15) is 0 Å². The molecule has 0 aliphatic rings. The van der Waals surface area contributed by atoms with Gasteiger partial charge in [0.25, 0.3) is 0 Å². The van der Waals surface area contributed by atoms with Crippen molar-refractivity contribution in [3.05, 3.63) is 34.3 Å². The predicted octanol–water partition coefficient (Wildman–Crippen LogP) is 2.15. The third-order valence-electron chi connectivity index (χ3n) is 2.34. The fourth-order valence-electron chi connectivity index (χ4n) is 1.61. The number of carbonyl (C=O) groups is 2. The molecule has 1 aromatic carbocycles. The topological polar surface area (TPSA) is 78.5 Å². The van der Waals surface area contributed by atoms with Gasteiger partial charge in [0.05, 0.1) is 6.04 Å². The van der Waals surface area contributed by atoms with Crippen molar-refractivity contribution in [1.29, 1.82) is 0 Å². The van der Waals surface area contributed by atoms with E-state index in [4.69, 9.17) is 4.74 Å². The molecule has 5 nitrogen and oxygen atoms in total. The number of aliphatic carboxylic acids is 1. The van der Waals surface area contributed by atoms with Gasteiger partial charge in [-0.3, -0.25) is 0 Å². The van der Waals surface area contributed by atoms with Crippen LogP contribution in [0.1, 0.15) is 38.8 Å². The maximum absolute atomic E-state index is 11.8. The Morgan fingerprint density at radius 2 is 1.95 bits per heavy atom. The van der Waals surface area contributed by atoms with Crippen LogP contribution >= 0.6 is 15.9 Å². The number of carbonyl (C=O) groups excluding carboxylic acids is 2. The Kier molecular flexibility index (Phi) is 5.56. The molecule has 0 heterocycles. The van der Waals surface area contributed by atoms with Crippen molar-refractivity contribution in [3.8, 4) is 0 Å². The van der Waals surface area contributed by atoms with Crippen molar-refractivity contribution in [1.82, 2.24) is 5.32 Å². The number of carboxylic acids is 1. The van der Waals surface area contributed by atoms with Crippen LogP contribution in [0.15, 0.2) is 28.7 Å². The molecule has 0 fully saturated rings. The van der Waals surface area contributed by atoms with Crippen LogP contribution in [0.4, 0.5) is 4.79 Å². The minimum atomic E-state index is -1.25. The molecule has 0 unspecified atom stereocenters. The SMILES string of the molecule is CC(C)(C)OC(=O)N[C@H](CC(=O)[O-])c1ccccc1Br. The normalized spacial score (nSPS) is 12.6. The van der Waals surface area contributed by atoms with Gasteiger partial charge in [-0.05, 0) is 32.4 Å². The Labute approximate surface area is 126 Å². The Balaban J connectivity index is 2.88. The number of nitrogens with one attached hydrogen (secondary N) is 1. The first-order valence-corrected chi connectivity index (χ1v) is 6.92. The van der Waals surface area contributed by atoms with Gasteiger partial charge < -0.3 is 20.0 Å². The standard InChI is InChI=1S/C14H18BrNO4/c1-14(2,3)20-13(19)16-11(8-12(17)18)9-6-4-5-7-10(9)15/h4-7,11H,8H2,1-3H3,(H,16,19)(H,17,18)/p-1/t11-/m1/s1. The summed E-state index contributed by atoms with van der Waals surface area (Å²) in [6, 6.07) is 6.35. The summed E-state index contributed by atoms with van der Waals surface area (Å²) in [5.41, 5.74) is 0.00636. The van der Waals surface area contributed by atoms with Crippen LogP contribution in [0, 0.1) is 0 Å². The van der Waals surface area contributed by atoms with E-state index in [0.717, 1.165) is 0 Å². The van der Waals surface area contributed by atoms with Gasteiger partial charge in [0, 0.05) is 16.9 Å². The molecule has 0 aliphatic heterocycles. The monoisotopic (exact) mass is 342 g/mol. The maximum Gasteiger partial charge on any atom is 0.408 e. The summed E-state index contributed by atoms with van der Waals surface area (Å²) in [7, 11) is 0. The van der Waals surface area contributed by atoms with E-state index >= 15 is 0 Å². The summed E-state index contributed by atoms with van der Waals surface area (Å²) < 4.78 is 5.84. The highest BCUT2D eigenvalue weighted by atomic mass is 79.9. The number of rotatable bonds is 4. The molecule has 0 saturated carbocycles. The zero-order chi connectivity index (χ0) is 15.3. The van der Waals surface area contributed by atoms with Crippen molar-refractivity contribution in [3.63, 3.8) is 0 Å². The molecule has 6 heteroatoms. The molecular formula is C14H17BrNO4-. The highest BCUT2D eigenvalue weighted by molar-refractivity contribution is 9.10. The molecule has 0 aromatic heterocycles. The molecule has 0 aliphatic carbocycles. The lowest BCUT2D eigenvalue weighted by molar-refractivity contribution is -0.306. The van der Waals surface area contributed by atoms with Crippen LogP contribution in [-0.4, -0.2) is 17.7 Å². The molecule has 0 saturated heterocycles. The van der Waals surface area contributed by atoms with Gasteiger partial charge in [0.2, 0.25) is 0 Å². The molecular weight excluding hydrogens is 326 g/mol. The zero-order valence-corrected chi connectivity index (χ0v) is 13.2. The molecule has 110 valence electrons. The summed E-state index contributed by atoms with van der Waals surface area (Å²) in [6.45, 7) is 5.20. The Morgan fingerprint density at radius 3 is 2.45 bits per heavy atom. The number of alkyl carbamates (subject to hydrolysis) is 1. The van der Waals surface area contributed by atoms with E-state index in [-0.39, 0.29) is 6.42 Å². The summed E-state index contributed by atoms with van der Waals surface area (Å²) in [5.74, 6) is -1.25. The van der Waals surface area contributed by atoms with Crippen LogP contribution in [0.2, 0.25) is 0 Å². The van der Waals surface area contributed by atoms with Crippen molar-refractivity contribution in [2.45, 2.75) is 38.8 Å². The Hall–Kier alpha value is -1.56. The highest BCUT2D eigenvalue weighted by Gasteiger charge is 2.21. The van der Waals surface area contributed by atoms with Crippen molar-refractivity contribution in [2.75, 3.05) is 0 Å². The third-order valence-corrected chi connectivity index (χ3v) is 3.06. The Bertz CT molecular complexity index is 496. The van der Waals surface area contributed by atoms with Gasteiger partial charge >= 0.3 is 6.09 Å². The average molecular weight is 343 g/mol. The molecule has 1 aromatic rings. The molecule has 0 spiro atoms. The molecule has 20 heavy (non-hydrogen) atoms. The number of halogens is 1. The maximum atomic E-state index is 11.8. The number of amides is 1. The number of ether oxygens (including phenoxy) is 1. The van der Waals surface area contributed by atoms with Gasteiger partial charge in [-0.1, -0.05) is 34.1 Å². The van der Waals surface area contributed by atoms with E-state index in [9.17, 15) is 14.7 Å². The summed E-state index contributed by atoms with van der Waals surface area (Å²) in [4.78, 5) is 22.6. The van der Waals surface area contributed by atoms with Crippen LogP contribution in [0.5, 0.6) is 0 Å². The molecule has 1 amide bonds. The van der Waals surface area contributed by atoms with Crippen LogP contribution < -0.4 is 10.4 Å². The van der Waals surface area contributed by atoms with Crippen molar-refractivity contribution < 1.29 is 19.4 Å². The number of hydrogen-bond donors (Lipinski definition) is 1. The van der Waals surface area contributed by atoms with E-state index in [1.165, 1.54) is 0 Å². The second kappa shape index (κ2) is 6.74. The van der Waals surface area contributed by atoms with E-state index < -0.39 is 23.7 Å². The van der Waals surface area contributed by atoms with Crippen molar-refractivity contribution >= 4 is 28.0 Å². The highest BCUT2D eigenvalue weighted by Crippen LogP contribution is 2.25. The first-order valence-electron chi connectivity index (χ1n) is 6.13. The summed E-state index contributed by atoms with van der Waals surface area (Å²) in [5, 5.41) is 13.4. The number of carboxylic acid groups (broad SMARTS) is 1. The third kappa shape index (κ3) is 5.61. The van der Waals surface area contributed by atoms with Gasteiger partial charge in [-0.25, -0.2) is 4.79 Å². The lowest BCUT2D eigenvalue weighted by Crippen LogP contribution is -2.37. The van der Waals surface area contributed by atoms with E-state index in [2.05, 4.69) is 21.2 Å². The van der Waals surface area contributed by atoms with E-state index in [1.54, 1.807) is 45.0 Å². The molecule has 1 rings (SSSR count). The van der Waals surface area contributed by atoms with Gasteiger partial charge in [0.15, 0.2) is 0 Å². The van der Waals surface area contributed by atoms with Gasteiger partial charge in [0.1, 0.15) is 5.60 Å². The summed E-state index contributed by atoms with van der Waals surface area (Å²) >= 11 is 3.33. The smallest absolute Gasteiger partial charge is 0.408 e. The average Bonchev–Trinajstić information content (AvgIpc) is 2.25. The second-order valence-corrected chi connectivity index (χ2v) is 6.15. The summed E-state index contributed by atoms with van der Waals surface area (Å²) in [6.07, 6.45) is -0.999. The van der Waals surface area contributed by atoms with Crippen LogP contribution in [-0.2, 0) is 9.53 Å². The van der Waals surface area contributed by atoms with E-state index in [0.29, 0.717) is 10.0 Å². The number of benzene rings is 1. The lowest BCUT2D eigenvalue weighted by Gasteiger charge is -2.24. The van der Waals surface area contributed by atoms with Crippen LogP contribution in [0.3, 0.4) is 0 Å². The molecule has 0 bridgehead atoms. The quantitative estimate of drug-likeness (QED) is 0.909. The first-order chi connectivity index (χ1) is 9.19. The largest absolute Gasteiger partial charge is 0.550 e. The minimum Gasteiger partial charge on any atom is -0.550 e. The molecule has 0 radical (unpaired) electrons. The zero-order valence-electron chi connectivity index (χ0n) is 11.6. The van der Waals surface area contributed by atoms with E-state index in [1.807, 2.05) is 0 Å². The minimum absolute atomic E-state index is 0.331. The molecule has 1 atom stereocenters. The Morgan fingerprint density at radius 1 is 1.35 bits per heavy atom. The van der Waals surface area contributed by atoms with Gasteiger partial charge in [-0.15, -0.1) is 0 Å².